The van der Waals surface area contributed by atoms with Crippen LogP contribution in [0, 0.1) is 0 Å². The summed E-state index contributed by atoms with van der Waals surface area (Å²) in [6.45, 7) is 2.13. The highest BCUT2D eigenvalue weighted by Crippen LogP contribution is 2.09. The smallest absolute Gasteiger partial charge is 0.251 e. The number of aryl methyl sites for hydroxylation is 1. The lowest BCUT2D eigenvalue weighted by atomic mass is 10.0. The standard InChI is InChI=1S/C20H23NO3/c1-2-3-7-15-10-12-17(13-11-15)19(22)21-18(20(23)24)14-16-8-5-4-6-9-16/h4-6,8-13,18H,2-3,7,14H2,1H3,(H,21,22)(H,23,24)/p-1/t18-/m1/s1. The van der Waals surface area contributed by atoms with E-state index in [1.165, 1.54) is 5.56 Å². The lowest BCUT2D eigenvalue weighted by Crippen LogP contribution is -2.49. The van der Waals surface area contributed by atoms with E-state index in [4.69, 9.17) is 0 Å². The van der Waals surface area contributed by atoms with Gasteiger partial charge in [0.15, 0.2) is 0 Å². The van der Waals surface area contributed by atoms with Gasteiger partial charge in [-0.15, -0.1) is 0 Å². The van der Waals surface area contributed by atoms with Gasteiger partial charge in [-0.05, 0) is 42.5 Å². The molecule has 0 aliphatic heterocycles. The fraction of sp³-hybridized carbons (Fsp3) is 0.300. The van der Waals surface area contributed by atoms with E-state index in [9.17, 15) is 14.7 Å². The highest BCUT2D eigenvalue weighted by molar-refractivity contribution is 5.96. The predicted molar refractivity (Wildman–Crippen MR) is 91.5 cm³/mol. The molecule has 4 heteroatoms. The van der Waals surface area contributed by atoms with Crippen molar-refractivity contribution >= 4 is 11.9 Å². The number of rotatable bonds is 8. The number of carboxylic acids is 1. The van der Waals surface area contributed by atoms with E-state index in [-0.39, 0.29) is 6.42 Å². The van der Waals surface area contributed by atoms with Crippen LogP contribution in [0.5, 0.6) is 0 Å². The van der Waals surface area contributed by atoms with Crippen LogP contribution < -0.4 is 10.4 Å². The van der Waals surface area contributed by atoms with Gasteiger partial charge in [-0.25, -0.2) is 0 Å². The minimum atomic E-state index is -1.29. The molecule has 0 aliphatic carbocycles. The van der Waals surface area contributed by atoms with Crippen LogP contribution in [0.3, 0.4) is 0 Å². The van der Waals surface area contributed by atoms with Crippen LogP contribution in [-0.4, -0.2) is 17.9 Å². The second kappa shape index (κ2) is 8.87. The summed E-state index contributed by atoms with van der Waals surface area (Å²) < 4.78 is 0. The highest BCUT2D eigenvalue weighted by Gasteiger charge is 2.15. The molecule has 126 valence electrons. The minimum absolute atomic E-state index is 0.198. The number of carbonyl (C=O) groups excluding carboxylic acids is 2. The van der Waals surface area contributed by atoms with Crippen molar-refractivity contribution in [3.05, 3.63) is 71.3 Å². The third-order valence-electron chi connectivity index (χ3n) is 3.91. The van der Waals surface area contributed by atoms with Gasteiger partial charge in [0.05, 0.1) is 12.0 Å². The predicted octanol–water partition coefficient (Wildman–Crippen LogP) is 2.12. The first kappa shape index (κ1) is 17.7. The first-order valence-corrected chi connectivity index (χ1v) is 8.24. The zero-order valence-electron chi connectivity index (χ0n) is 13.8. The molecule has 0 radical (unpaired) electrons. The first-order valence-electron chi connectivity index (χ1n) is 8.24. The van der Waals surface area contributed by atoms with Crippen molar-refractivity contribution in [2.75, 3.05) is 0 Å². The summed E-state index contributed by atoms with van der Waals surface area (Å²) in [6, 6.07) is 15.4. The second-order valence-electron chi connectivity index (χ2n) is 5.84. The number of aliphatic carboxylic acids is 1. The number of carboxylic acid groups (broad SMARTS) is 1. The Labute approximate surface area is 142 Å². The maximum atomic E-state index is 12.3. The zero-order chi connectivity index (χ0) is 17.4. The quantitative estimate of drug-likeness (QED) is 0.808. The first-order chi connectivity index (χ1) is 11.6. The molecule has 2 aromatic rings. The molecule has 1 atom stereocenters. The Kier molecular flexibility index (Phi) is 6.55. The van der Waals surface area contributed by atoms with Gasteiger partial charge < -0.3 is 15.2 Å². The largest absolute Gasteiger partial charge is 0.548 e. The van der Waals surface area contributed by atoms with Gasteiger partial charge in [0, 0.05) is 5.56 Å². The molecular weight excluding hydrogens is 302 g/mol. The summed E-state index contributed by atoms with van der Waals surface area (Å²) >= 11 is 0. The zero-order valence-corrected chi connectivity index (χ0v) is 13.8. The summed E-state index contributed by atoms with van der Waals surface area (Å²) in [6.07, 6.45) is 3.40. The number of hydrogen-bond acceptors (Lipinski definition) is 3. The number of hydrogen-bond donors (Lipinski definition) is 1. The third-order valence-corrected chi connectivity index (χ3v) is 3.91. The van der Waals surface area contributed by atoms with Gasteiger partial charge in [0.25, 0.3) is 5.91 Å². The van der Waals surface area contributed by atoms with E-state index < -0.39 is 17.9 Å². The molecule has 0 spiro atoms. The molecule has 2 aromatic carbocycles. The van der Waals surface area contributed by atoms with Crippen LogP contribution in [0.2, 0.25) is 0 Å². The van der Waals surface area contributed by atoms with Crippen LogP contribution in [-0.2, 0) is 17.6 Å². The van der Waals surface area contributed by atoms with Crippen LogP contribution >= 0.6 is 0 Å². The molecule has 0 fully saturated rings. The summed E-state index contributed by atoms with van der Waals surface area (Å²) in [7, 11) is 0. The summed E-state index contributed by atoms with van der Waals surface area (Å²) in [4.78, 5) is 23.6. The van der Waals surface area contributed by atoms with E-state index in [2.05, 4.69) is 12.2 Å². The molecule has 2 rings (SSSR count). The number of amides is 1. The average molecular weight is 324 g/mol. The van der Waals surface area contributed by atoms with E-state index in [1.807, 2.05) is 42.5 Å². The SMILES string of the molecule is CCCCc1ccc(C(=O)N[C@H](Cc2ccccc2)C(=O)[O-])cc1. The van der Waals surface area contributed by atoms with E-state index in [1.54, 1.807) is 12.1 Å². The molecule has 0 aliphatic rings. The molecule has 1 amide bonds. The maximum Gasteiger partial charge on any atom is 0.251 e. The Bertz CT molecular complexity index is 665. The molecule has 4 nitrogen and oxygen atoms in total. The molecule has 1 N–H and O–H groups in total. The third kappa shape index (κ3) is 5.23. The lowest BCUT2D eigenvalue weighted by Gasteiger charge is -2.20. The fourth-order valence-electron chi connectivity index (χ4n) is 2.49. The molecule has 0 saturated heterocycles. The van der Waals surface area contributed by atoms with E-state index in [0.717, 1.165) is 24.8 Å². The van der Waals surface area contributed by atoms with Crippen LogP contribution in [0.4, 0.5) is 0 Å². The summed E-state index contributed by atoms with van der Waals surface area (Å²) in [5.74, 6) is -1.69. The molecule has 0 heterocycles. The van der Waals surface area contributed by atoms with Crippen LogP contribution in [0.25, 0.3) is 0 Å². The molecular formula is C20H22NO3-. The minimum Gasteiger partial charge on any atom is -0.548 e. The Morgan fingerprint density at radius 2 is 1.67 bits per heavy atom. The number of carbonyl (C=O) groups is 2. The summed E-state index contributed by atoms with van der Waals surface area (Å²) in [5.41, 5.74) is 2.46. The molecule has 0 saturated carbocycles. The van der Waals surface area contributed by atoms with Crippen LogP contribution in [0.1, 0.15) is 41.3 Å². The lowest BCUT2D eigenvalue weighted by molar-refractivity contribution is -0.308. The second-order valence-corrected chi connectivity index (χ2v) is 5.84. The normalized spacial score (nSPS) is 11.7. The van der Waals surface area contributed by atoms with Crippen molar-refractivity contribution in [1.29, 1.82) is 0 Å². The van der Waals surface area contributed by atoms with Crippen molar-refractivity contribution < 1.29 is 14.7 Å². The molecule has 0 aromatic heterocycles. The number of nitrogens with one attached hydrogen (secondary N) is 1. The Morgan fingerprint density at radius 1 is 1.00 bits per heavy atom. The number of benzene rings is 2. The van der Waals surface area contributed by atoms with Crippen molar-refractivity contribution in [1.82, 2.24) is 5.32 Å². The van der Waals surface area contributed by atoms with Crippen LogP contribution in [0.15, 0.2) is 54.6 Å². The van der Waals surface area contributed by atoms with Gasteiger partial charge in [-0.3, -0.25) is 4.79 Å². The molecule has 0 bridgehead atoms. The highest BCUT2D eigenvalue weighted by atomic mass is 16.4. The molecule has 24 heavy (non-hydrogen) atoms. The molecule has 0 unspecified atom stereocenters. The van der Waals surface area contributed by atoms with E-state index in [0.29, 0.717) is 5.56 Å². The Hall–Kier alpha value is -2.62. The van der Waals surface area contributed by atoms with E-state index >= 15 is 0 Å². The average Bonchev–Trinajstić information content (AvgIpc) is 2.60. The monoisotopic (exact) mass is 324 g/mol. The van der Waals surface area contributed by atoms with Crippen molar-refractivity contribution in [3.8, 4) is 0 Å². The number of unbranched alkanes of at least 4 members (excludes halogenated alkanes) is 1. The van der Waals surface area contributed by atoms with Crippen molar-refractivity contribution in [3.63, 3.8) is 0 Å². The summed E-state index contributed by atoms with van der Waals surface area (Å²) in [5, 5.41) is 13.9. The van der Waals surface area contributed by atoms with Crippen molar-refractivity contribution in [2.24, 2.45) is 0 Å². The van der Waals surface area contributed by atoms with Gasteiger partial charge >= 0.3 is 0 Å². The topological polar surface area (TPSA) is 69.2 Å². The Balaban J connectivity index is 2.01. The maximum absolute atomic E-state index is 12.3. The van der Waals surface area contributed by atoms with Gasteiger partial charge in [0.1, 0.15) is 0 Å². The van der Waals surface area contributed by atoms with Crippen molar-refractivity contribution in [2.45, 2.75) is 38.6 Å². The van der Waals surface area contributed by atoms with Gasteiger partial charge in [-0.1, -0.05) is 55.8 Å². The van der Waals surface area contributed by atoms with Gasteiger partial charge in [-0.2, -0.15) is 0 Å². The van der Waals surface area contributed by atoms with Gasteiger partial charge in [0.2, 0.25) is 0 Å². The Morgan fingerprint density at radius 3 is 2.25 bits per heavy atom. The fourth-order valence-corrected chi connectivity index (χ4v) is 2.49.